The first-order chi connectivity index (χ1) is 17.5. The minimum absolute atomic E-state index is 0.108. The van der Waals surface area contributed by atoms with Crippen molar-refractivity contribution in [1.29, 1.82) is 0 Å². The molecule has 2 aliphatic rings. The van der Waals surface area contributed by atoms with Gasteiger partial charge < -0.3 is 14.8 Å². The normalized spacial score (nSPS) is 20.1. The molecule has 0 radical (unpaired) electrons. The number of cyclic esters (lactones) is 1. The molecule has 0 unspecified atom stereocenters. The molecule has 0 bridgehead atoms. The molecule has 1 aliphatic heterocycles. The number of ketones is 1. The second kappa shape index (κ2) is 11.4. The Morgan fingerprint density at radius 2 is 1.97 bits per heavy atom. The van der Waals surface area contributed by atoms with E-state index in [0.717, 1.165) is 18.4 Å². The Labute approximate surface area is 224 Å². The first-order valence-corrected chi connectivity index (χ1v) is 13.5. The van der Waals surface area contributed by atoms with Crippen molar-refractivity contribution >= 4 is 35.2 Å². The maximum absolute atomic E-state index is 12.8. The van der Waals surface area contributed by atoms with Gasteiger partial charge in [0.15, 0.2) is 5.78 Å². The van der Waals surface area contributed by atoms with E-state index in [1.54, 1.807) is 12.3 Å². The van der Waals surface area contributed by atoms with Crippen molar-refractivity contribution in [2.24, 2.45) is 5.92 Å². The molecule has 0 spiro atoms. The summed E-state index contributed by atoms with van der Waals surface area (Å²) in [5.74, 6) is 1.39. The van der Waals surface area contributed by atoms with Gasteiger partial charge in [0.1, 0.15) is 18.5 Å². The predicted molar refractivity (Wildman–Crippen MR) is 144 cm³/mol. The van der Waals surface area contributed by atoms with Crippen LogP contribution in [-0.4, -0.2) is 46.2 Å². The zero-order chi connectivity index (χ0) is 26.7. The van der Waals surface area contributed by atoms with Crippen LogP contribution >= 0.6 is 11.6 Å². The van der Waals surface area contributed by atoms with Crippen LogP contribution in [0.25, 0.3) is 0 Å². The van der Waals surface area contributed by atoms with E-state index in [1.165, 1.54) is 17.7 Å². The second-order valence-corrected chi connectivity index (χ2v) is 11.5. The smallest absolute Gasteiger partial charge is 0.416 e. The van der Waals surface area contributed by atoms with Crippen LogP contribution in [0.3, 0.4) is 0 Å². The fraction of sp³-hybridized carbons (Fsp3) is 0.571. The summed E-state index contributed by atoms with van der Waals surface area (Å²) in [5.41, 5.74) is 1.12. The molecule has 1 saturated carbocycles. The second-order valence-electron chi connectivity index (χ2n) is 11.1. The van der Waals surface area contributed by atoms with E-state index in [9.17, 15) is 9.59 Å². The number of nitrogens with zero attached hydrogens (tertiary/aromatic N) is 3. The maximum Gasteiger partial charge on any atom is 0.416 e. The Morgan fingerprint density at radius 1 is 1.24 bits per heavy atom. The van der Waals surface area contributed by atoms with Gasteiger partial charge >= 0.3 is 6.09 Å². The van der Waals surface area contributed by atoms with Crippen LogP contribution in [0.15, 0.2) is 30.5 Å². The number of anilines is 2. The number of Topliss-reactive ketones (excluding diaryl/α,β-unsaturated/α-hetero) is 1. The number of hydrogen-bond donors (Lipinski definition) is 1. The lowest BCUT2D eigenvalue weighted by Gasteiger charge is -2.31. The third-order valence-electron chi connectivity index (χ3n) is 6.96. The molecule has 1 aromatic carbocycles. The summed E-state index contributed by atoms with van der Waals surface area (Å²) in [5, 5.41) is 3.74. The number of aromatic nitrogens is 2. The molecule has 2 fully saturated rings. The Hall–Kier alpha value is -2.71. The van der Waals surface area contributed by atoms with Crippen molar-refractivity contribution in [1.82, 2.24) is 9.97 Å². The van der Waals surface area contributed by atoms with Crippen molar-refractivity contribution in [3.63, 3.8) is 0 Å². The number of rotatable bonds is 9. The summed E-state index contributed by atoms with van der Waals surface area (Å²) >= 11 is 6.53. The SMILES string of the molecule is C[C@H](Nc1nccc(N2C(=O)OC[C@@H]2[C@@H](C)OC(C)(C)C)n1)c1ccc(C(=O)CC2CCCC2)c(Cl)c1. The summed E-state index contributed by atoms with van der Waals surface area (Å²) < 4.78 is 11.4. The van der Waals surface area contributed by atoms with Crippen LogP contribution in [0.1, 0.15) is 88.7 Å². The Kier molecular flexibility index (Phi) is 8.39. The molecule has 1 amide bonds. The topological polar surface area (TPSA) is 93.7 Å². The van der Waals surface area contributed by atoms with Crippen molar-refractivity contribution in [3.8, 4) is 0 Å². The van der Waals surface area contributed by atoms with Gasteiger partial charge in [0.05, 0.1) is 22.8 Å². The fourth-order valence-corrected chi connectivity index (χ4v) is 5.42. The van der Waals surface area contributed by atoms with E-state index in [2.05, 4.69) is 15.3 Å². The number of carbonyl (C=O) groups is 2. The summed E-state index contributed by atoms with van der Waals surface area (Å²) in [4.78, 5) is 35.8. The third-order valence-corrected chi connectivity index (χ3v) is 7.28. The van der Waals surface area contributed by atoms with E-state index < -0.39 is 6.09 Å². The fourth-order valence-electron chi connectivity index (χ4n) is 5.12. The first kappa shape index (κ1) is 27.3. The van der Waals surface area contributed by atoms with Crippen LogP contribution in [0.5, 0.6) is 0 Å². The van der Waals surface area contributed by atoms with Crippen LogP contribution < -0.4 is 10.2 Å². The number of carbonyl (C=O) groups excluding carboxylic acids is 2. The van der Waals surface area contributed by atoms with E-state index in [0.29, 0.717) is 34.7 Å². The monoisotopic (exact) mass is 528 g/mol. The lowest BCUT2D eigenvalue weighted by atomic mass is 9.96. The molecule has 1 N–H and O–H groups in total. The van der Waals surface area contributed by atoms with Gasteiger partial charge in [0.2, 0.25) is 5.95 Å². The van der Waals surface area contributed by atoms with Crippen molar-refractivity contribution in [2.75, 3.05) is 16.8 Å². The van der Waals surface area contributed by atoms with Gasteiger partial charge in [-0.3, -0.25) is 9.69 Å². The summed E-state index contributed by atoms with van der Waals surface area (Å²) in [6.45, 7) is 10.0. The average Bonchev–Trinajstić information content (AvgIpc) is 3.47. The largest absolute Gasteiger partial charge is 0.447 e. The number of halogens is 1. The Balaban J connectivity index is 1.45. The Morgan fingerprint density at radius 3 is 2.65 bits per heavy atom. The van der Waals surface area contributed by atoms with Gasteiger partial charge in [-0.25, -0.2) is 9.78 Å². The highest BCUT2D eigenvalue weighted by Gasteiger charge is 2.40. The van der Waals surface area contributed by atoms with Crippen LogP contribution in [0.4, 0.5) is 16.6 Å². The molecular weight excluding hydrogens is 492 g/mol. The van der Waals surface area contributed by atoms with Crippen molar-refractivity contribution in [2.45, 2.75) is 90.5 Å². The Bertz CT molecular complexity index is 1130. The molecule has 37 heavy (non-hydrogen) atoms. The maximum atomic E-state index is 12.8. The van der Waals surface area contributed by atoms with Crippen molar-refractivity contribution in [3.05, 3.63) is 46.6 Å². The van der Waals surface area contributed by atoms with E-state index in [4.69, 9.17) is 21.1 Å². The molecule has 9 heteroatoms. The lowest BCUT2D eigenvalue weighted by molar-refractivity contribution is -0.0618. The molecule has 200 valence electrons. The third kappa shape index (κ3) is 6.79. The zero-order valence-corrected chi connectivity index (χ0v) is 23.0. The summed E-state index contributed by atoms with van der Waals surface area (Å²) in [6.07, 6.45) is 6.12. The molecule has 2 heterocycles. The molecule has 8 nitrogen and oxygen atoms in total. The van der Waals surface area contributed by atoms with Gasteiger partial charge in [-0.1, -0.05) is 43.4 Å². The highest BCUT2D eigenvalue weighted by atomic mass is 35.5. The molecule has 2 aromatic rings. The van der Waals surface area contributed by atoms with Crippen LogP contribution in [0, 0.1) is 5.92 Å². The van der Waals surface area contributed by atoms with E-state index >= 15 is 0 Å². The number of amides is 1. The molecule has 3 atom stereocenters. The van der Waals surface area contributed by atoms with Crippen LogP contribution in [0.2, 0.25) is 5.02 Å². The summed E-state index contributed by atoms with van der Waals surface area (Å²) in [6, 6.07) is 6.74. The number of ether oxygens (including phenoxy) is 2. The predicted octanol–water partition coefficient (Wildman–Crippen LogP) is 6.59. The minimum Gasteiger partial charge on any atom is -0.447 e. The van der Waals surface area contributed by atoms with Gasteiger partial charge in [-0.05, 0) is 64.3 Å². The van der Waals surface area contributed by atoms with Crippen molar-refractivity contribution < 1.29 is 19.1 Å². The standard InChI is InChI=1S/C28H37ClN4O4/c1-17(20-10-11-21(22(29)15-20)24(34)14-19-8-6-7-9-19)31-26-30-13-12-25(32-26)33-23(16-36-27(33)35)18(2)37-28(3,4)5/h10-13,15,17-19,23H,6-9,14,16H2,1-5H3,(H,30,31,32)/t17-,18+,23+/m0/s1. The quantitative estimate of drug-likeness (QED) is 0.366. The van der Waals surface area contributed by atoms with Crippen LogP contribution in [-0.2, 0) is 9.47 Å². The first-order valence-electron chi connectivity index (χ1n) is 13.1. The van der Waals surface area contributed by atoms with E-state index in [1.807, 2.05) is 52.8 Å². The van der Waals surface area contributed by atoms with Gasteiger partial charge in [0, 0.05) is 18.2 Å². The van der Waals surface area contributed by atoms with E-state index in [-0.39, 0.29) is 36.2 Å². The molecule has 1 saturated heterocycles. The molecule has 4 rings (SSSR count). The zero-order valence-electron chi connectivity index (χ0n) is 22.3. The van der Waals surface area contributed by atoms with Gasteiger partial charge in [-0.15, -0.1) is 0 Å². The highest BCUT2D eigenvalue weighted by molar-refractivity contribution is 6.34. The number of hydrogen-bond acceptors (Lipinski definition) is 7. The average molecular weight is 529 g/mol. The summed E-state index contributed by atoms with van der Waals surface area (Å²) in [7, 11) is 0. The number of benzene rings is 1. The molecule has 1 aromatic heterocycles. The number of nitrogens with one attached hydrogen (secondary N) is 1. The minimum atomic E-state index is -0.461. The molecular formula is C28H37ClN4O4. The van der Waals surface area contributed by atoms with Gasteiger partial charge in [0.25, 0.3) is 0 Å². The van der Waals surface area contributed by atoms with Gasteiger partial charge in [-0.2, -0.15) is 4.98 Å². The molecule has 1 aliphatic carbocycles. The lowest BCUT2D eigenvalue weighted by Crippen LogP contribution is -2.45. The highest BCUT2D eigenvalue weighted by Crippen LogP contribution is 2.32.